The lowest BCUT2D eigenvalue weighted by Crippen LogP contribution is -2.45. The monoisotopic (exact) mass is 263 g/mol. The molecule has 0 radical (unpaired) electrons. The number of ether oxygens (including phenoxy) is 1. The molecule has 0 spiro atoms. The molecule has 1 atom stereocenters. The second-order valence-corrected chi connectivity index (χ2v) is 5.22. The van der Waals surface area contributed by atoms with E-state index in [1.807, 2.05) is 0 Å². The van der Waals surface area contributed by atoms with Gasteiger partial charge in [0.15, 0.2) is 5.78 Å². The molecule has 1 aliphatic heterocycles. The van der Waals surface area contributed by atoms with Crippen molar-refractivity contribution in [1.82, 2.24) is 4.90 Å². The molecular weight excluding hydrogens is 242 g/mol. The van der Waals surface area contributed by atoms with Gasteiger partial charge in [-0.1, -0.05) is 31.9 Å². The van der Waals surface area contributed by atoms with Crippen LogP contribution in [-0.2, 0) is 9.53 Å². The molecule has 2 rings (SSSR count). The highest BCUT2D eigenvalue weighted by Gasteiger charge is 2.34. The Morgan fingerprint density at radius 2 is 2.16 bits per heavy atom. The van der Waals surface area contributed by atoms with Crippen LogP contribution in [0, 0.1) is 5.92 Å². The van der Waals surface area contributed by atoms with Crippen molar-refractivity contribution in [2.45, 2.75) is 44.6 Å². The van der Waals surface area contributed by atoms with Crippen LogP contribution < -0.4 is 0 Å². The fraction of sp³-hybridized carbons (Fsp3) is 0.600. The summed E-state index contributed by atoms with van der Waals surface area (Å²) in [5.74, 6) is 0.516. The molecule has 2 aliphatic rings. The minimum Gasteiger partial charge on any atom is -0.445 e. The molecule has 0 saturated heterocycles. The van der Waals surface area contributed by atoms with E-state index < -0.39 is 0 Å². The molecular formula is C15H21NO3. The van der Waals surface area contributed by atoms with Crippen LogP contribution in [0.25, 0.3) is 0 Å². The molecule has 1 aliphatic carbocycles. The first-order valence-corrected chi connectivity index (χ1v) is 6.99. The number of carbonyl (C=O) groups is 2. The van der Waals surface area contributed by atoms with Gasteiger partial charge in [-0.3, -0.25) is 9.69 Å². The molecule has 0 N–H and O–H groups in total. The van der Waals surface area contributed by atoms with Crippen molar-refractivity contribution < 1.29 is 14.3 Å². The van der Waals surface area contributed by atoms with E-state index in [9.17, 15) is 9.59 Å². The number of nitrogens with zero attached hydrogens (tertiary/aromatic N) is 1. The summed E-state index contributed by atoms with van der Waals surface area (Å²) in [6, 6.07) is -0.0323. The average Bonchev–Trinajstić information content (AvgIpc) is 2.45. The molecule has 4 heteroatoms. The van der Waals surface area contributed by atoms with Crippen molar-refractivity contribution >= 4 is 11.9 Å². The first-order valence-electron chi connectivity index (χ1n) is 6.99. The van der Waals surface area contributed by atoms with Gasteiger partial charge in [-0.25, -0.2) is 4.79 Å². The molecule has 104 valence electrons. The highest BCUT2D eigenvalue weighted by atomic mass is 16.6. The molecule has 0 bridgehead atoms. The Kier molecular flexibility index (Phi) is 4.77. The van der Waals surface area contributed by atoms with E-state index in [1.165, 1.54) is 25.3 Å². The first-order chi connectivity index (χ1) is 9.22. The molecule has 1 amide bonds. The van der Waals surface area contributed by atoms with Gasteiger partial charge in [0.05, 0.1) is 0 Å². The summed E-state index contributed by atoms with van der Waals surface area (Å²) in [7, 11) is 0. The number of hydrogen-bond acceptors (Lipinski definition) is 3. The van der Waals surface area contributed by atoms with Gasteiger partial charge in [0.25, 0.3) is 0 Å². The van der Waals surface area contributed by atoms with Crippen molar-refractivity contribution in [1.29, 1.82) is 0 Å². The van der Waals surface area contributed by atoms with E-state index >= 15 is 0 Å². The third-order valence-corrected chi connectivity index (χ3v) is 3.92. The number of carbonyl (C=O) groups excluding carboxylic acids is 2. The third kappa shape index (κ3) is 3.46. The minimum absolute atomic E-state index is 0.0323. The lowest BCUT2D eigenvalue weighted by atomic mass is 9.80. The molecule has 19 heavy (non-hydrogen) atoms. The zero-order valence-electron chi connectivity index (χ0n) is 11.2. The van der Waals surface area contributed by atoms with E-state index in [0.29, 0.717) is 12.3 Å². The van der Waals surface area contributed by atoms with E-state index in [-0.39, 0.29) is 24.5 Å². The summed E-state index contributed by atoms with van der Waals surface area (Å²) >= 11 is 0. The molecule has 0 aromatic rings. The summed E-state index contributed by atoms with van der Waals surface area (Å²) in [5.41, 5.74) is 0. The van der Waals surface area contributed by atoms with Crippen molar-refractivity contribution in [3.8, 4) is 0 Å². The Balaban J connectivity index is 2.07. The van der Waals surface area contributed by atoms with E-state index in [0.717, 1.165) is 12.8 Å². The van der Waals surface area contributed by atoms with Gasteiger partial charge in [0, 0.05) is 18.7 Å². The average molecular weight is 263 g/mol. The smallest absolute Gasteiger partial charge is 0.414 e. The van der Waals surface area contributed by atoms with Gasteiger partial charge in [0.2, 0.25) is 0 Å². The van der Waals surface area contributed by atoms with Crippen LogP contribution in [0.15, 0.2) is 24.9 Å². The Labute approximate surface area is 114 Å². The van der Waals surface area contributed by atoms with Crippen LogP contribution in [-0.4, -0.2) is 29.4 Å². The molecule has 1 heterocycles. The second kappa shape index (κ2) is 6.55. The van der Waals surface area contributed by atoms with Crippen LogP contribution in [0.3, 0.4) is 0 Å². The number of amides is 1. The van der Waals surface area contributed by atoms with E-state index in [4.69, 9.17) is 4.74 Å². The zero-order chi connectivity index (χ0) is 13.7. The highest BCUT2D eigenvalue weighted by Crippen LogP contribution is 2.32. The van der Waals surface area contributed by atoms with Crippen LogP contribution >= 0.6 is 0 Å². The van der Waals surface area contributed by atoms with Gasteiger partial charge in [-0.15, -0.1) is 0 Å². The topological polar surface area (TPSA) is 46.6 Å². The largest absolute Gasteiger partial charge is 0.445 e. The molecule has 1 unspecified atom stereocenters. The predicted octanol–water partition coefficient (Wildman–Crippen LogP) is 3.05. The quantitative estimate of drug-likeness (QED) is 0.735. The van der Waals surface area contributed by atoms with Crippen LogP contribution in [0.4, 0.5) is 4.79 Å². The molecule has 1 fully saturated rings. The Hall–Kier alpha value is -1.58. The summed E-state index contributed by atoms with van der Waals surface area (Å²) in [5, 5.41) is 0. The lowest BCUT2D eigenvalue weighted by molar-refractivity contribution is -0.116. The van der Waals surface area contributed by atoms with Gasteiger partial charge in [-0.2, -0.15) is 0 Å². The summed E-state index contributed by atoms with van der Waals surface area (Å²) in [6.07, 6.45) is 10.5. The molecule has 4 nitrogen and oxygen atoms in total. The maximum atomic E-state index is 12.0. The SMILES string of the molecule is C=CCOC(=O)N1C=CC(=O)CC1C1CCCCC1. The van der Waals surface area contributed by atoms with Gasteiger partial charge in [-0.05, 0) is 24.8 Å². The van der Waals surface area contributed by atoms with Crippen molar-refractivity contribution in [3.63, 3.8) is 0 Å². The maximum Gasteiger partial charge on any atom is 0.414 e. The normalized spacial score (nSPS) is 24.3. The summed E-state index contributed by atoms with van der Waals surface area (Å²) < 4.78 is 5.09. The summed E-state index contributed by atoms with van der Waals surface area (Å²) in [4.78, 5) is 25.2. The Bertz CT molecular complexity index is 383. The zero-order valence-corrected chi connectivity index (χ0v) is 11.2. The fourth-order valence-electron chi connectivity index (χ4n) is 2.96. The fourth-order valence-corrected chi connectivity index (χ4v) is 2.96. The molecule has 0 aromatic heterocycles. The Morgan fingerprint density at radius 3 is 2.84 bits per heavy atom. The summed E-state index contributed by atoms with van der Waals surface area (Å²) in [6.45, 7) is 3.73. The maximum absolute atomic E-state index is 12.0. The van der Waals surface area contributed by atoms with Gasteiger partial charge >= 0.3 is 6.09 Å². The van der Waals surface area contributed by atoms with Crippen LogP contribution in [0.1, 0.15) is 38.5 Å². The van der Waals surface area contributed by atoms with Gasteiger partial charge in [0.1, 0.15) is 6.61 Å². The van der Waals surface area contributed by atoms with E-state index in [1.54, 1.807) is 17.2 Å². The van der Waals surface area contributed by atoms with Gasteiger partial charge < -0.3 is 4.74 Å². The number of ketones is 1. The molecule has 1 saturated carbocycles. The lowest BCUT2D eigenvalue weighted by Gasteiger charge is -2.37. The van der Waals surface area contributed by atoms with Crippen LogP contribution in [0.2, 0.25) is 0 Å². The standard InChI is InChI=1S/C15H21NO3/c1-2-10-19-15(18)16-9-8-13(17)11-14(16)12-6-4-3-5-7-12/h2,8-9,12,14H,1,3-7,10-11H2. The third-order valence-electron chi connectivity index (χ3n) is 3.92. The Morgan fingerprint density at radius 1 is 1.42 bits per heavy atom. The number of rotatable bonds is 3. The number of allylic oxidation sites excluding steroid dienone is 1. The predicted molar refractivity (Wildman–Crippen MR) is 72.5 cm³/mol. The van der Waals surface area contributed by atoms with Crippen molar-refractivity contribution in [2.24, 2.45) is 5.92 Å². The van der Waals surface area contributed by atoms with E-state index in [2.05, 4.69) is 6.58 Å². The highest BCUT2D eigenvalue weighted by molar-refractivity contribution is 5.92. The second-order valence-electron chi connectivity index (χ2n) is 5.22. The van der Waals surface area contributed by atoms with Crippen molar-refractivity contribution in [3.05, 3.63) is 24.9 Å². The first kappa shape index (κ1) is 13.8. The molecule has 0 aromatic carbocycles. The van der Waals surface area contributed by atoms with Crippen LogP contribution in [0.5, 0.6) is 0 Å². The van der Waals surface area contributed by atoms with Crippen molar-refractivity contribution in [2.75, 3.05) is 6.61 Å². The number of hydrogen-bond donors (Lipinski definition) is 0. The minimum atomic E-state index is -0.376.